The molecule has 1 aliphatic carbocycles. The summed E-state index contributed by atoms with van der Waals surface area (Å²) in [6.45, 7) is 4.25. The molecule has 4 nitrogen and oxygen atoms in total. The Labute approximate surface area is 184 Å². The maximum Gasteiger partial charge on any atom is 0.241 e. The van der Waals surface area contributed by atoms with Gasteiger partial charge in [0.15, 0.2) is 0 Å². The number of carbonyl (C=O) groups excluding carboxylic acids is 1. The van der Waals surface area contributed by atoms with Gasteiger partial charge in [0.05, 0.1) is 0 Å². The third-order valence-corrected chi connectivity index (χ3v) is 6.74. The van der Waals surface area contributed by atoms with E-state index in [2.05, 4.69) is 88.3 Å². The average Bonchev–Trinajstić information content (AvgIpc) is 3.25. The molecule has 0 radical (unpaired) electrons. The van der Waals surface area contributed by atoms with Crippen LogP contribution in [0.3, 0.4) is 0 Å². The lowest BCUT2D eigenvalue weighted by molar-refractivity contribution is -0.134. The smallest absolute Gasteiger partial charge is 0.241 e. The number of hydrogen-bond donors (Lipinski definition) is 2. The molecule has 0 bridgehead atoms. The quantitative estimate of drug-likeness (QED) is 0.676. The normalized spacial score (nSPS) is 17.8. The summed E-state index contributed by atoms with van der Waals surface area (Å²) in [6.07, 6.45) is 1.59. The number of amides is 1. The second-order valence-electron chi connectivity index (χ2n) is 8.64. The van der Waals surface area contributed by atoms with Crippen LogP contribution in [0.25, 0.3) is 11.1 Å². The van der Waals surface area contributed by atoms with Crippen LogP contribution < -0.4 is 10.6 Å². The predicted octanol–water partition coefficient (Wildman–Crippen LogP) is 3.41. The van der Waals surface area contributed by atoms with E-state index in [1.807, 2.05) is 6.07 Å². The first kappa shape index (κ1) is 20.0. The fourth-order valence-electron chi connectivity index (χ4n) is 5.01. The Morgan fingerprint density at radius 1 is 0.806 bits per heavy atom. The van der Waals surface area contributed by atoms with Crippen molar-refractivity contribution in [1.82, 2.24) is 15.5 Å². The van der Waals surface area contributed by atoms with Crippen molar-refractivity contribution in [2.75, 3.05) is 26.2 Å². The minimum absolute atomic E-state index is 0.151. The first-order valence-electron chi connectivity index (χ1n) is 11.2. The second-order valence-corrected chi connectivity index (χ2v) is 8.64. The van der Waals surface area contributed by atoms with Gasteiger partial charge in [-0.05, 0) is 27.8 Å². The molecule has 0 atom stereocenters. The molecule has 4 heteroatoms. The van der Waals surface area contributed by atoms with Gasteiger partial charge in [-0.2, -0.15) is 0 Å². The van der Waals surface area contributed by atoms with E-state index in [4.69, 9.17) is 0 Å². The van der Waals surface area contributed by atoms with Gasteiger partial charge in [0.1, 0.15) is 5.54 Å². The van der Waals surface area contributed by atoms with Gasteiger partial charge >= 0.3 is 0 Å². The van der Waals surface area contributed by atoms with Gasteiger partial charge in [-0.3, -0.25) is 9.69 Å². The highest BCUT2D eigenvalue weighted by Gasteiger charge is 2.48. The Bertz CT molecular complexity index is 1010. The van der Waals surface area contributed by atoms with E-state index < -0.39 is 5.54 Å². The SMILES string of the molecule is O=C(NCc1ccc(-c2ccccc2)cc1)C1(N2CCNCC2)Cc2ccccc2C1. The first-order valence-corrected chi connectivity index (χ1v) is 11.2. The van der Waals surface area contributed by atoms with Crippen LogP contribution in [0.2, 0.25) is 0 Å². The minimum atomic E-state index is -0.476. The van der Waals surface area contributed by atoms with E-state index in [9.17, 15) is 4.79 Å². The number of rotatable bonds is 5. The lowest BCUT2D eigenvalue weighted by atomic mass is 9.91. The number of benzene rings is 3. The third-order valence-electron chi connectivity index (χ3n) is 6.74. The zero-order valence-electron chi connectivity index (χ0n) is 17.8. The minimum Gasteiger partial charge on any atom is -0.350 e. The molecule has 3 aromatic rings. The summed E-state index contributed by atoms with van der Waals surface area (Å²) in [4.78, 5) is 16.0. The van der Waals surface area contributed by atoms with E-state index in [0.717, 1.165) is 44.6 Å². The highest BCUT2D eigenvalue weighted by Crippen LogP contribution is 2.35. The van der Waals surface area contributed by atoms with Crippen LogP contribution in [0.5, 0.6) is 0 Å². The molecular formula is C27H29N3O. The van der Waals surface area contributed by atoms with Crippen molar-refractivity contribution >= 4 is 5.91 Å². The highest BCUT2D eigenvalue weighted by molar-refractivity contribution is 5.88. The summed E-state index contributed by atoms with van der Waals surface area (Å²) in [5, 5.41) is 6.69. The maximum absolute atomic E-state index is 13.6. The van der Waals surface area contributed by atoms with Gasteiger partial charge in [0, 0.05) is 45.6 Å². The van der Waals surface area contributed by atoms with Crippen LogP contribution in [0.1, 0.15) is 16.7 Å². The molecule has 1 saturated heterocycles. The molecule has 1 aliphatic heterocycles. The van der Waals surface area contributed by atoms with Crippen molar-refractivity contribution in [3.8, 4) is 11.1 Å². The summed E-state index contributed by atoms with van der Waals surface area (Å²) >= 11 is 0. The zero-order chi connectivity index (χ0) is 21.1. The predicted molar refractivity (Wildman–Crippen MR) is 125 cm³/mol. The largest absolute Gasteiger partial charge is 0.350 e. The molecule has 2 N–H and O–H groups in total. The van der Waals surface area contributed by atoms with E-state index >= 15 is 0 Å². The monoisotopic (exact) mass is 411 g/mol. The van der Waals surface area contributed by atoms with Crippen molar-refractivity contribution in [2.45, 2.75) is 24.9 Å². The van der Waals surface area contributed by atoms with Gasteiger partial charge in [-0.15, -0.1) is 0 Å². The fourth-order valence-corrected chi connectivity index (χ4v) is 5.01. The first-order chi connectivity index (χ1) is 15.2. The number of hydrogen-bond acceptors (Lipinski definition) is 3. The van der Waals surface area contributed by atoms with Gasteiger partial charge < -0.3 is 10.6 Å². The van der Waals surface area contributed by atoms with E-state index in [-0.39, 0.29) is 5.91 Å². The van der Waals surface area contributed by atoms with Gasteiger partial charge in [-0.25, -0.2) is 0 Å². The molecule has 31 heavy (non-hydrogen) atoms. The number of fused-ring (bicyclic) bond motifs is 1. The lowest BCUT2D eigenvalue weighted by Crippen LogP contribution is -2.63. The summed E-state index contributed by atoms with van der Waals surface area (Å²) in [7, 11) is 0. The molecule has 0 saturated carbocycles. The third kappa shape index (κ3) is 4.01. The molecule has 1 heterocycles. The average molecular weight is 412 g/mol. The van der Waals surface area contributed by atoms with Crippen molar-refractivity contribution in [2.24, 2.45) is 0 Å². The Morgan fingerprint density at radius 2 is 1.39 bits per heavy atom. The zero-order valence-corrected chi connectivity index (χ0v) is 17.8. The molecule has 2 aliphatic rings. The summed E-state index contributed by atoms with van der Waals surface area (Å²) in [5.74, 6) is 0.151. The Hall–Kier alpha value is -2.95. The van der Waals surface area contributed by atoms with Crippen LogP contribution in [-0.2, 0) is 24.2 Å². The van der Waals surface area contributed by atoms with Crippen LogP contribution in [0.4, 0.5) is 0 Å². The van der Waals surface area contributed by atoms with Crippen LogP contribution in [0, 0.1) is 0 Å². The topological polar surface area (TPSA) is 44.4 Å². The summed E-state index contributed by atoms with van der Waals surface area (Å²) in [6, 6.07) is 27.4. The molecule has 1 fully saturated rings. The van der Waals surface area contributed by atoms with Crippen LogP contribution in [-0.4, -0.2) is 42.5 Å². The Morgan fingerprint density at radius 3 is 2.03 bits per heavy atom. The van der Waals surface area contributed by atoms with Crippen molar-refractivity contribution in [3.63, 3.8) is 0 Å². The molecular weight excluding hydrogens is 382 g/mol. The molecule has 3 aromatic carbocycles. The van der Waals surface area contributed by atoms with Gasteiger partial charge in [0.2, 0.25) is 5.91 Å². The molecule has 1 amide bonds. The molecule has 0 unspecified atom stereocenters. The summed E-state index contributed by atoms with van der Waals surface area (Å²) < 4.78 is 0. The van der Waals surface area contributed by atoms with Gasteiger partial charge in [-0.1, -0.05) is 78.9 Å². The molecule has 0 spiro atoms. The van der Waals surface area contributed by atoms with Crippen molar-refractivity contribution in [3.05, 3.63) is 95.6 Å². The molecule has 5 rings (SSSR count). The maximum atomic E-state index is 13.6. The standard InChI is InChI=1S/C27H29N3O/c31-26(29-20-21-10-12-23(13-11-21)22-6-2-1-3-7-22)27(30-16-14-28-15-17-30)18-24-8-4-5-9-25(24)19-27/h1-13,28H,14-20H2,(H,29,31). The van der Waals surface area contributed by atoms with Crippen molar-refractivity contribution in [1.29, 1.82) is 0 Å². The van der Waals surface area contributed by atoms with Crippen molar-refractivity contribution < 1.29 is 4.79 Å². The number of nitrogens with one attached hydrogen (secondary N) is 2. The number of carbonyl (C=O) groups is 1. The molecule has 0 aromatic heterocycles. The van der Waals surface area contributed by atoms with Gasteiger partial charge in [0.25, 0.3) is 0 Å². The molecule has 158 valence electrons. The number of piperazine rings is 1. The highest BCUT2D eigenvalue weighted by atomic mass is 16.2. The van der Waals surface area contributed by atoms with Crippen LogP contribution in [0.15, 0.2) is 78.9 Å². The summed E-state index contributed by atoms with van der Waals surface area (Å²) in [5.41, 5.74) is 5.67. The number of nitrogens with zero attached hydrogens (tertiary/aromatic N) is 1. The van der Waals surface area contributed by atoms with E-state index in [1.54, 1.807) is 0 Å². The van der Waals surface area contributed by atoms with Crippen LogP contribution >= 0.6 is 0 Å². The fraction of sp³-hybridized carbons (Fsp3) is 0.296. The Kier molecular flexibility index (Phi) is 5.58. The van der Waals surface area contributed by atoms with E-state index in [0.29, 0.717) is 6.54 Å². The lowest BCUT2D eigenvalue weighted by Gasteiger charge is -2.42. The Balaban J connectivity index is 1.31. The second kappa shape index (κ2) is 8.66. The van der Waals surface area contributed by atoms with E-state index in [1.165, 1.54) is 22.3 Å².